The first-order chi connectivity index (χ1) is 11.8. The van der Waals surface area contributed by atoms with Crippen LogP contribution in [-0.2, 0) is 10.4 Å². The van der Waals surface area contributed by atoms with Crippen molar-refractivity contribution in [1.82, 2.24) is 0 Å². The zero-order valence-electron chi connectivity index (χ0n) is 15.9. The summed E-state index contributed by atoms with van der Waals surface area (Å²) >= 11 is 0. The molecule has 0 aromatic carbocycles. The second kappa shape index (κ2) is 16.0. The van der Waals surface area contributed by atoms with Gasteiger partial charge >= 0.3 is 0 Å². The van der Waals surface area contributed by atoms with Gasteiger partial charge in [0.25, 0.3) is 0 Å². The molecule has 0 spiro atoms. The molecule has 0 radical (unpaired) electrons. The zero-order valence-corrected chi connectivity index (χ0v) is 16.7. The molecule has 0 aromatic rings. The molecule has 6 nitrogen and oxygen atoms in total. The van der Waals surface area contributed by atoms with E-state index in [0.717, 1.165) is 12.1 Å². The van der Waals surface area contributed by atoms with Gasteiger partial charge in [-0.15, -0.1) is 0 Å². The molecule has 0 heterocycles. The van der Waals surface area contributed by atoms with Crippen LogP contribution in [0.3, 0.4) is 0 Å². The fourth-order valence-electron chi connectivity index (χ4n) is 3.43. The summed E-state index contributed by atoms with van der Waals surface area (Å²) in [7, 11) is -5.17. The first-order valence-corrected chi connectivity index (χ1v) is 11.4. The van der Waals surface area contributed by atoms with Crippen LogP contribution in [0.5, 0.6) is 0 Å². The van der Waals surface area contributed by atoms with Gasteiger partial charge in [0.05, 0.1) is 12.1 Å². The summed E-state index contributed by atoms with van der Waals surface area (Å²) in [6.45, 7) is 0. The Bertz CT molecular complexity index is 341. The summed E-state index contributed by atoms with van der Waals surface area (Å²) < 4.78 is 34.1. The van der Waals surface area contributed by atoms with Gasteiger partial charge in [0, 0.05) is 10.4 Å². The van der Waals surface area contributed by atoms with Crippen molar-refractivity contribution in [2.45, 2.75) is 115 Å². The summed E-state index contributed by atoms with van der Waals surface area (Å²) in [6, 6.07) is 1.52. The quantitative estimate of drug-likeness (QED) is 0.491. The van der Waals surface area contributed by atoms with Gasteiger partial charge in [-0.2, -0.15) is 0 Å². The Labute approximate surface area is 154 Å². The average Bonchev–Trinajstić information content (AvgIpc) is 2.70. The molecule has 0 aliphatic heterocycles. The van der Waals surface area contributed by atoms with Crippen molar-refractivity contribution in [1.29, 1.82) is 0 Å². The van der Waals surface area contributed by atoms with Crippen LogP contribution in [0.4, 0.5) is 0 Å². The molecule has 2 aliphatic rings. The molecule has 2 rings (SSSR count). The van der Waals surface area contributed by atoms with E-state index in [1.165, 1.54) is 103 Å². The molecule has 0 bridgehead atoms. The highest BCUT2D eigenvalue weighted by atomic mass is 32.3. The van der Waals surface area contributed by atoms with E-state index in [4.69, 9.17) is 17.5 Å². The van der Waals surface area contributed by atoms with Crippen molar-refractivity contribution in [2.24, 2.45) is 0 Å². The van der Waals surface area contributed by atoms with E-state index in [0.29, 0.717) is 0 Å². The van der Waals surface area contributed by atoms with Gasteiger partial charge in [-0.05, 0) is 51.4 Å². The van der Waals surface area contributed by atoms with Crippen molar-refractivity contribution in [3.05, 3.63) is 0 Å². The maximum Gasteiger partial charge on any atom is 0.0843 e. The van der Waals surface area contributed by atoms with Gasteiger partial charge in [-0.3, -0.25) is 8.42 Å². The van der Waals surface area contributed by atoms with Crippen LogP contribution >= 0.6 is 0 Å². The van der Waals surface area contributed by atoms with E-state index >= 15 is 0 Å². The summed E-state index contributed by atoms with van der Waals surface area (Å²) in [5, 5.41) is 0. The summed E-state index contributed by atoms with van der Waals surface area (Å²) in [5.41, 5.74) is 8.28. The first kappa shape index (κ1) is 24.8. The number of hydrogen-bond acceptors (Lipinski definition) is 4. The van der Waals surface area contributed by atoms with Gasteiger partial charge in [-0.25, -0.2) is 0 Å². The Morgan fingerprint density at radius 2 is 0.680 bits per heavy atom. The van der Waals surface area contributed by atoms with Crippen LogP contribution in [0.15, 0.2) is 0 Å². The predicted octanol–water partition coefficient (Wildman–Crippen LogP) is 2.12. The van der Waals surface area contributed by atoms with Crippen molar-refractivity contribution < 1.29 is 29.0 Å². The van der Waals surface area contributed by atoms with Gasteiger partial charge in [0.2, 0.25) is 0 Å². The number of rotatable bonds is 0. The van der Waals surface area contributed by atoms with Crippen molar-refractivity contribution in [2.75, 3.05) is 0 Å². The highest BCUT2D eigenvalue weighted by Gasteiger charge is 2.08. The minimum absolute atomic E-state index is 0.762. The van der Waals surface area contributed by atoms with Gasteiger partial charge in [-0.1, -0.05) is 51.4 Å². The predicted molar refractivity (Wildman–Crippen MR) is 97.7 cm³/mol. The fourth-order valence-corrected chi connectivity index (χ4v) is 3.43. The molecule has 25 heavy (non-hydrogen) atoms. The lowest BCUT2D eigenvalue weighted by Gasteiger charge is -2.06. The molecule has 0 unspecified atom stereocenters. The van der Waals surface area contributed by atoms with E-state index in [9.17, 15) is 0 Å². The molecule has 0 atom stereocenters. The third kappa shape index (κ3) is 23.8. The summed E-state index contributed by atoms with van der Waals surface area (Å²) in [6.07, 6.45) is 22.9. The molecular weight excluding hydrogens is 340 g/mol. The first-order valence-electron chi connectivity index (χ1n) is 10.1. The Kier molecular flexibility index (Phi) is 15.9. The average molecular weight is 381 g/mol. The largest absolute Gasteiger partial charge is 0.759 e. The van der Waals surface area contributed by atoms with Gasteiger partial charge in [0.15, 0.2) is 0 Å². The highest BCUT2D eigenvalue weighted by molar-refractivity contribution is 7.79. The number of hydrogen-bond donors (Lipinski definition) is 2. The van der Waals surface area contributed by atoms with Crippen LogP contribution in [0.1, 0.15) is 103 Å². The van der Waals surface area contributed by atoms with Crippen LogP contribution in [-0.4, -0.2) is 29.6 Å². The standard InChI is InChI=1S/2C9H19N.H2O4S/c2*10-9-7-5-3-1-2-4-6-8-9;1-5(2,3)4/h2*9H,1-8,10H2;(H2,1,2,3,4). The maximum absolute atomic E-state index is 8.52. The Balaban J connectivity index is 0.000000368. The van der Waals surface area contributed by atoms with Crippen LogP contribution in [0.2, 0.25) is 0 Å². The maximum atomic E-state index is 8.52. The summed E-state index contributed by atoms with van der Waals surface area (Å²) in [4.78, 5) is 0. The van der Waals surface area contributed by atoms with E-state index in [-0.39, 0.29) is 0 Å². The Morgan fingerprint density at radius 3 is 0.880 bits per heavy atom. The van der Waals surface area contributed by atoms with Crippen molar-refractivity contribution >= 4 is 10.4 Å². The fraction of sp³-hybridized carbons (Fsp3) is 1.00. The molecule has 2 aliphatic carbocycles. The van der Waals surface area contributed by atoms with E-state index in [1.807, 2.05) is 0 Å². The molecule has 0 aromatic heterocycles. The highest BCUT2D eigenvalue weighted by Crippen LogP contribution is 2.15. The molecule has 152 valence electrons. The second-order valence-electron chi connectivity index (χ2n) is 7.54. The van der Waals surface area contributed by atoms with Gasteiger partial charge in [0.1, 0.15) is 0 Å². The lowest BCUT2D eigenvalue weighted by Crippen LogP contribution is -2.60. The molecule has 6 N–H and O–H groups in total. The minimum atomic E-state index is -5.17. The van der Waals surface area contributed by atoms with Crippen LogP contribution < -0.4 is 11.5 Å². The smallest absolute Gasteiger partial charge is 0.0843 e. The van der Waals surface area contributed by atoms with Crippen LogP contribution in [0.25, 0.3) is 0 Å². The molecule has 0 saturated heterocycles. The minimum Gasteiger partial charge on any atom is -0.759 e. The molecule has 0 amide bonds. The summed E-state index contributed by atoms with van der Waals surface area (Å²) in [5.74, 6) is 0. The zero-order chi connectivity index (χ0) is 19.0. The van der Waals surface area contributed by atoms with Crippen molar-refractivity contribution in [3.8, 4) is 0 Å². The molecule has 7 heteroatoms. The van der Waals surface area contributed by atoms with Gasteiger partial charge < -0.3 is 20.6 Å². The molecule has 2 fully saturated rings. The third-order valence-corrected chi connectivity index (χ3v) is 4.95. The Morgan fingerprint density at radius 1 is 0.520 bits per heavy atom. The lowest BCUT2D eigenvalue weighted by atomic mass is 10.1. The van der Waals surface area contributed by atoms with E-state index < -0.39 is 10.4 Å². The van der Waals surface area contributed by atoms with Crippen molar-refractivity contribution in [3.63, 3.8) is 0 Å². The third-order valence-electron chi connectivity index (χ3n) is 4.95. The molecule has 2 saturated carbocycles. The topological polar surface area (TPSA) is 136 Å². The van der Waals surface area contributed by atoms with E-state index in [2.05, 4.69) is 11.5 Å². The monoisotopic (exact) mass is 380 g/mol. The second-order valence-corrected chi connectivity index (χ2v) is 8.35. The SMILES string of the molecule is O=S(=O)([O-])[O-].[NH3+]C1CCCCCCCC1.[NH3+]C1CCCCCCCC1. The Hall–Kier alpha value is -0.210. The van der Waals surface area contributed by atoms with E-state index in [1.54, 1.807) is 0 Å². The number of quaternary nitrogens is 2. The molecular formula is C18H40N2O4S. The normalized spacial score (nSPS) is 22.2. The lowest BCUT2D eigenvalue weighted by molar-refractivity contribution is -0.423. The van der Waals surface area contributed by atoms with Crippen LogP contribution in [0, 0.1) is 0 Å².